The molecule has 0 bridgehead atoms. The normalized spacial score (nSPS) is 20.0. The van der Waals surface area contributed by atoms with Crippen molar-refractivity contribution in [1.29, 1.82) is 0 Å². The van der Waals surface area contributed by atoms with Gasteiger partial charge in [0.25, 0.3) is 0 Å². The molecule has 0 N–H and O–H groups in total. The zero-order chi connectivity index (χ0) is 38.1. The molecule has 0 atom stereocenters. The Bertz CT molecular complexity index is 2310. The summed E-state index contributed by atoms with van der Waals surface area (Å²) in [4.78, 5) is 0. The van der Waals surface area contributed by atoms with E-state index in [1.165, 1.54) is 55.6 Å². The molecular weight excluding hydrogens is 674 g/mol. The van der Waals surface area contributed by atoms with Crippen LogP contribution in [0.3, 0.4) is 0 Å². The van der Waals surface area contributed by atoms with Crippen LogP contribution >= 0.6 is 0 Å². The van der Waals surface area contributed by atoms with Gasteiger partial charge in [-0.1, -0.05) is 121 Å². The molecule has 1 spiro atoms. The number of fused-ring (bicyclic) bond motifs is 10. The highest BCUT2D eigenvalue weighted by atomic mass is 16.7. The van der Waals surface area contributed by atoms with E-state index in [1.54, 1.807) is 0 Å². The highest BCUT2D eigenvalue weighted by Gasteiger charge is 2.54. The van der Waals surface area contributed by atoms with Gasteiger partial charge in [-0.05, 0) is 145 Å². The Morgan fingerprint density at radius 2 is 0.636 bits per heavy atom. The van der Waals surface area contributed by atoms with Gasteiger partial charge in [0.2, 0.25) is 0 Å². The Morgan fingerprint density at radius 3 is 1.00 bits per heavy atom. The van der Waals surface area contributed by atoms with Crippen LogP contribution in [0.4, 0.5) is 0 Å². The van der Waals surface area contributed by atoms with Crippen LogP contribution in [0, 0.1) is 0 Å². The Balaban J connectivity index is 1.08. The molecule has 0 saturated carbocycles. The van der Waals surface area contributed by atoms with Crippen molar-refractivity contribution in [3.63, 3.8) is 0 Å². The molecule has 4 nitrogen and oxygen atoms in total. The summed E-state index contributed by atoms with van der Waals surface area (Å²) < 4.78 is 25.5. The van der Waals surface area contributed by atoms with Gasteiger partial charge in [0.15, 0.2) is 0 Å². The summed E-state index contributed by atoms with van der Waals surface area (Å²) in [6.45, 7) is 16.8. The largest absolute Gasteiger partial charge is 0.494 e. The van der Waals surface area contributed by atoms with Gasteiger partial charge in [0, 0.05) is 0 Å². The molecular formula is C49H46B2O4. The summed E-state index contributed by atoms with van der Waals surface area (Å²) in [7, 11) is -0.783. The molecule has 0 aromatic heterocycles. The van der Waals surface area contributed by atoms with E-state index in [1.807, 2.05) is 0 Å². The van der Waals surface area contributed by atoms with Crippen molar-refractivity contribution in [2.24, 2.45) is 0 Å². The van der Waals surface area contributed by atoms with Gasteiger partial charge in [-0.15, -0.1) is 0 Å². The van der Waals surface area contributed by atoms with E-state index in [4.69, 9.17) is 18.6 Å². The lowest BCUT2D eigenvalue weighted by molar-refractivity contribution is 0.00578. The smallest absolute Gasteiger partial charge is 0.399 e. The van der Waals surface area contributed by atoms with Crippen molar-refractivity contribution in [3.05, 3.63) is 156 Å². The fourth-order valence-electron chi connectivity index (χ4n) is 9.12. The molecule has 6 aromatic rings. The van der Waals surface area contributed by atoms with Crippen molar-refractivity contribution < 1.29 is 18.6 Å². The van der Waals surface area contributed by atoms with Gasteiger partial charge in [0.1, 0.15) is 0 Å². The lowest BCUT2D eigenvalue weighted by Gasteiger charge is -2.32. The fourth-order valence-corrected chi connectivity index (χ4v) is 9.12. The van der Waals surface area contributed by atoms with Gasteiger partial charge in [-0.25, -0.2) is 0 Å². The van der Waals surface area contributed by atoms with E-state index >= 15 is 0 Å². The van der Waals surface area contributed by atoms with Crippen LogP contribution in [0.15, 0.2) is 133 Å². The minimum atomic E-state index is -0.463. The summed E-state index contributed by atoms with van der Waals surface area (Å²) in [5.41, 5.74) is 15.2. The third-order valence-corrected chi connectivity index (χ3v) is 13.6. The first-order valence-electron chi connectivity index (χ1n) is 19.6. The van der Waals surface area contributed by atoms with Crippen LogP contribution in [0.5, 0.6) is 0 Å². The van der Waals surface area contributed by atoms with E-state index in [9.17, 15) is 0 Å². The molecule has 2 aliphatic heterocycles. The quantitative estimate of drug-likeness (QED) is 0.170. The van der Waals surface area contributed by atoms with Gasteiger partial charge in [-0.3, -0.25) is 0 Å². The standard InChI is InChI=1S/C49H46B2O4/c1-45(2)46(3,4)53-50(52-45)35-23-17-31(18-24-35)33-21-27-39-40-28-22-34(32-19-25-36(26-20-32)51-54-47(5,6)48(7,8)55-51)30-44(40)49(43(39)29-33)41-15-11-9-13-37(41)38-14-10-12-16-42(38)49/h9-30H,1-8H3. The van der Waals surface area contributed by atoms with Crippen LogP contribution in [-0.2, 0) is 24.0 Å². The molecule has 0 radical (unpaired) electrons. The molecule has 6 heteroatoms. The Morgan fingerprint density at radius 1 is 0.327 bits per heavy atom. The maximum absolute atomic E-state index is 6.37. The summed E-state index contributed by atoms with van der Waals surface area (Å²) in [6, 6.07) is 49.5. The minimum absolute atomic E-state index is 0.384. The molecule has 4 aliphatic rings. The molecule has 6 aromatic carbocycles. The molecule has 55 heavy (non-hydrogen) atoms. The Hall–Kier alpha value is -4.71. The van der Waals surface area contributed by atoms with Crippen molar-refractivity contribution >= 4 is 25.2 Å². The first-order valence-corrected chi connectivity index (χ1v) is 19.6. The summed E-state index contributed by atoms with van der Waals surface area (Å²) >= 11 is 0. The monoisotopic (exact) mass is 720 g/mol. The number of hydrogen-bond donors (Lipinski definition) is 0. The third-order valence-electron chi connectivity index (χ3n) is 13.6. The molecule has 2 fully saturated rings. The van der Waals surface area contributed by atoms with E-state index in [0.29, 0.717) is 0 Å². The topological polar surface area (TPSA) is 36.9 Å². The molecule has 2 heterocycles. The number of hydrogen-bond acceptors (Lipinski definition) is 4. The first-order chi connectivity index (χ1) is 26.2. The average Bonchev–Trinajstić information content (AvgIpc) is 3.79. The SMILES string of the molecule is CC1(C)OB(c2ccc(-c3ccc4c(c3)C3(c5ccccc5-c5ccccc53)c3cc(-c5ccc(B6OC(C)(C)C(C)(C)O6)cc5)ccc3-4)cc2)OC1(C)C. The highest BCUT2D eigenvalue weighted by Crippen LogP contribution is 2.63. The second-order valence-corrected chi connectivity index (χ2v) is 17.8. The fraction of sp³-hybridized carbons (Fsp3) is 0.265. The average molecular weight is 721 g/mol. The number of benzene rings is 6. The lowest BCUT2D eigenvalue weighted by atomic mass is 9.70. The van der Waals surface area contributed by atoms with Crippen LogP contribution in [0.25, 0.3) is 44.5 Å². The van der Waals surface area contributed by atoms with E-state index in [-0.39, 0.29) is 22.4 Å². The molecule has 10 rings (SSSR count). The van der Waals surface area contributed by atoms with Crippen LogP contribution in [0.2, 0.25) is 0 Å². The lowest BCUT2D eigenvalue weighted by Crippen LogP contribution is -2.41. The van der Waals surface area contributed by atoms with Gasteiger partial charge in [0.05, 0.1) is 27.8 Å². The van der Waals surface area contributed by atoms with Crippen LogP contribution in [-0.4, -0.2) is 36.6 Å². The van der Waals surface area contributed by atoms with Gasteiger partial charge < -0.3 is 18.6 Å². The molecule has 2 aliphatic carbocycles. The molecule has 0 amide bonds. The third kappa shape index (κ3) is 4.95. The van der Waals surface area contributed by atoms with E-state index < -0.39 is 19.7 Å². The van der Waals surface area contributed by atoms with E-state index in [2.05, 4.69) is 189 Å². The second kappa shape index (κ2) is 11.7. The van der Waals surface area contributed by atoms with Crippen molar-refractivity contribution in [2.45, 2.75) is 83.2 Å². The highest BCUT2D eigenvalue weighted by molar-refractivity contribution is 6.62. The van der Waals surface area contributed by atoms with Gasteiger partial charge in [-0.2, -0.15) is 0 Å². The zero-order valence-corrected chi connectivity index (χ0v) is 33.0. The Labute approximate surface area is 326 Å². The predicted octanol–water partition coefficient (Wildman–Crippen LogP) is 9.96. The minimum Gasteiger partial charge on any atom is -0.399 e. The maximum Gasteiger partial charge on any atom is 0.494 e. The number of rotatable bonds is 4. The first kappa shape index (κ1) is 34.8. The van der Waals surface area contributed by atoms with E-state index in [0.717, 1.165) is 22.1 Å². The zero-order valence-electron chi connectivity index (χ0n) is 33.0. The summed E-state index contributed by atoms with van der Waals surface area (Å²) in [5, 5.41) is 0. The molecule has 272 valence electrons. The van der Waals surface area contributed by atoms with Crippen LogP contribution < -0.4 is 10.9 Å². The van der Waals surface area contributed by atoms with Crippen molar-refractivity contribution in [3.8, 4) is 44.5 Å². The van der Waals surface area contributed by atoms with Gasteiger partial charge >= 0.3 is 14.2 Å². The molecule has 0 unspecified atom stereocenters. The summed E-state index contributed by atoms with van der Waals surface area (Å²) in [5.74, 6) is 0. The second-order valence-electron chi connectivity index (χ2n) is 17.8. The Kier molecular flexibility index (Phi) is 7.37. The van der Waals surface area contributed by atoms with Crippen molar-refractivity contribution in [1.82, 2.24) is 0 Å². The van der Waals surface area contributed by atoms with Crippen LogP contribution in [0.1, 0.15) is 77.6 Å². The molecule has 2 saturated heterocycles. The predicted molar refractivity (Wildman–Crippen MR) is 225 cm³/mol. The maximum atomic E-state index is 6.37. The van der Waals surface area contributed by atoms with Crippen molar-refractivity contribution in [2.75, 3.05) is 0 Å². The summed E-state index contributed by atoms with van der Waals surface area (Å²) in [6.07, 6.45) is 0.